The number of aliphatic hydroxyl groups is 2. The fourth-order valence-electron chi connectivity index (χ4n) is 3.40. The molecule has 0 saturated carbocycles. The summed E-state index contributed by atoms with van der Waals surface area (Å²) in [6.45, 7) is 9.29. The Labute approximate surface area is 190 Å². The number of ether oxygens (including phenoxy) is 4. The SMILES string of the molecule is C[B][C@@H]1O[C@H](CO)[C@H](OCC)C1OPP.C[B][C@@H]1O[C@H](COCC)[C@H](O)C1OPP. The Morgan fingerprint density at radius 2 is 1.47 bits per heavy atom. The highest BCUT2D eigenvalue weighted by Gasteiger charge is 2.45. The van der Waals surface area contributed by atoms with Gasteiger partial charge in [-0.3, -0.25) is 0 Å². The Kier molecular flexibility index (Phi) is 16.8. The van der Waals surface area contributed by atoms with Gasteiger partial charge >= 0.3 is 0 Å². The van der Waals surface area contributed by atoms with Crippen LogP contribution in [0.4, 0.5) is 0 Å². The molecule has 14 heteroatoms. The van der Waals surface area contributed by atoms with Crippen molar-refractivity contribution in [1.82, 2.24) is 0 Å². The van der Waals surface area contributed by atoms with Crippen LogP contribution in [0.5, 0.6) is 0 Å². The molecule has 0 aliphatic carbocycles. The highest BCUT2D eigenvalue weighted by atomic mass is 32.0. The van der Waals surface area contributed by atoms with Gasteiger partial charge in [0.15, 0.2) is 0 Å². The van der Waals surface area contributed by atoms with Gasteiger partial charge in [0, 0.05) is 30.2 Å². The average molecular weight is 502 g/mol. The van der Waals surface area contributed by atoms with Gasteiger partial charge in [-0.1, -0.05) is 31.5 Å². The van der Waals surface area contributed by atoms with E-state index in [4.69, 9.17) is 28.0 Å². The Hall–Kier alpha value is 1.53. The maximum Gasteiger partial charge on any atom is 0.149 e. The zero-order valence-corrected chi connectivity index (χ0v) is 22.4. The summed E-state index contributed by atoms with van der Waals surface area (Å²) in [5.41, 5.74) is 0. The predicted octanol–water partition coefficient (Wildman–Crippen LogP) is 1.26. The molecule has 2 fully saturated rings. The fraction of sp³-hybridized carbons (Fsp3) is 1.00. The Morgan fingerprint density at radius 1 is 0.900 bits per heavy atom. The molecule has 12 atom stereocenters. The van der Waals surface area contributed by atoms with E-state index in [0.29, 0.717) is 28.3 Å². The molecule has 8 nitrogen and oxygen atoms in total. The van der Waals surface area contributed by atoms with Crippen LogP contribution >= 0.6 is 34.8 Å². The van der Waals surface area contributed by atoms with E-state index in [-0.39, 0.29) is 57.6 Å². The van der Waals surface area contributed by atoms with Crippen molar-refractivity contribution in [2.45, 2.75) is 76.1 Å². The van der Waals surface area contributed by atoms with Crippen molar-refractivity contribution < 1.29 is 38.2 Å². The second kappa shape index (κ2) is 17.0. The van der Waals surface area contributed by atoms with Crippen molar-refractivity contribution in [3.05, 3.63) is 0 Å². The molecule has 0 bridgehead atoms. The maximum absolute atomic E-state index is 9.95. The smallest absolute Gasteiger partial charge is 0.149 e. The molecular weight excluding hydrogens is 466 g/mol. The van der Waals surface area contributed by atoms with Gasteiger partial charge in [0.05, 0.1) is 25.2 Å². The number of aliphatic hydroxyl groups excluding tert-OH is 2. The molecule has 2 saturated heterocycles. The van der Waals surface area contributed by atoms with Gasteiger partial charge < -0.3 is 38.2 Å². The minimum Gasteiger partial charge on any atom is -0.394 e. The molecule has 30 heavy (non-hydrogen) atoms. The summed E-state index contributed by atoms with van der Waals surface area (Å²) in [6, 6.07) is -0.231. The van der Waals surface area contributed by atoms with Crippen LogP contribution in [0.25, 0.3) is 0 Å². The van der Waals surface area contributed by atoms with Gasteiger partial charge in [-0.15, -0.1) is 0 Å². The molecule has 0 aromatic carbocycles. The maximum atomic E-state index is 9.95. The lowest BCUT2D eigenvalue weighted by molar-refractivity contribution is -0.0440. The summed E-state index contributed by atoms with van der Waals surface area (Å²) in [6.07, 6.45) is -1.71. The lowest BCUT2D eigenvalue weighted by Crippen LogP contribution is -2.38. The third-order valence-electron chi connectivity index (χ3n) is 4.81. The lowest BCUT2D eigenvalue weighted by Gasteiger charge is -2.22. The summed E-state index contributed by atoms with van der Waals surface area (Å²) in [4.78, 5) is 0. The zero-order chi connectivity index (χ0) is 22.5. The van der Waals surface area contributed by atoms with Crippen LogP contribution in [0.2, 0.25) is 13.6 Å². The van der Waals surface area contributed by atoms with Crippen molar-refractivity contribution in [1.29, 1.82) is 0 Å². The first kappa shape index (κ1) is 29.6. The van der Waals surface area contributed by atoms with E-state index in [1.165, 1.54) is 0 Å². The van der Waals surface area contributed by atoms with Crippen molar-refractivity contribution in [3.63, 3.8) is 0 Å². The second-order valence-corrected chi connectivity index (χ2v) is 8.96. The summed E-state index contributed by atoms with van der Waals surface area (Å²) >= 11 is 0. The molecule has 174 valence electrons. The first-order valence-electron chi connectivity index (χ1n) is 10.1. The Morgan fingerprint density at radius 3 is 1.97 bits per heavy atom. The largest absolute Gasteiger partial charge is 0.394 e. The summed E-state index contributed by atoms with van der Waals surface area (Å²) < 4.78 is 33.1. The van der Waals surface area contributed by atoms with Gasteiger partial charge in [-0.25, -0.2) is 0 Å². The average Bonchev–Trinajstić information content (AvgIpc) is 3.25. The molecule has 6 unspecified atom stereocenters. The van der Waals surface area contributed by atoms with Gasteiger partial charge in [-0.05, 0) is 13.8 Å². The van der Waals surface area contributed by atoms with Gasteiger partial charge in [0.1, 0.15) is 51.2 Å². The van der Waals surface area contributed by atoms with Crippen LogP contribution in [-0.2, 0) is 28.0 Å². The monoisotopic (exact) mass is 502 g/mol. The van der Waals surface area contributed by atoms with Crippen LogP contribution < -0.4 is 0 Å². The van der Waals surface area contributed by atoms with Crippen LogP contribution in [0, 0.1) is 0 Å². The first-order chi connectivity index (χ1) is 14.5. The van der Waals surface area contributed by atoms with E-state index in [0.717, 1.165) is 0 Å². The van der Waals surface area contributed by atoms with Crippen molar-refractivity contribution in [2.24, 2.45) is 0 Å². The zero-order valence-electron chi connectivity index (χ0n) is 18.1. The Balaban J connectivity index is 0.000000300. The topological polar surface area (TPSA) is 95.8 Å². The normalized spacial score (nSPS) is 36.5. The van der Waals surface area contributed by atoms with E-state index in [1.54, 1.807) is 0 Å². The molecule has 2 aliphatic rings. The molecule has 0 spiro atoms. The molecular formula is C16H36B2O8P4. The van der Waals surface area contributed by atoms with Crippen LogP contribution in [0.1, 0.15) is 13.8 Å². The van der Waals surface area contributed by atoms with E-state index >= 15 is 0 Å². The van der Waals surface area contributed by atoms with Crippen LogP contribution in [-0.4, -0.2) is 99.8 Å². The minimum atomic E-state index is -0.606. The van der Waals surface area contributed by atoms with Crippen molar-refractivity contribution in [3.8, 4) is 0 Å². The number of hydrogen-bond donors (Lipinski definition) is 2. The van der Waals surface area contributed by atoms with Gasteiger partial charge in [0.25, 0.3) is 0 Å². The van der Waals surface area contributed by atoms with E-state index in [1.807, 2.05) is 42.1 Å². The molecule has 0 aromatic rings. The minimum absolute atomic E-state index is 0.0329. The van der Waals surface area contributed by atoms with Crippen molar-refractivity contribution >= 4 is 49.4 Å². The van der Waals surface area contributed by atoms with Crippen molar-refractivity contribution in [2.75, 3.05) is 26.4 Å². The molecule has 2 radical (unpaired) electrons. The molecule has 2 rings (SSSR count). The van der Waals surface area contributed by atoms with E-state index < -0.39 is 6.10 Å². The van der Waals surface area contributed by atoms with Gasteiger partial charge in [0.2, 0.25) is 0 Å². The Bertz CT molecular complexity index is 430. The van der Waals surface area contributed by atoms with Crippen LogP contribution in [0.3, 0.4) is 0 Å². The van der Waals surface area contributed by atoms with Gasteiger partial charge in [-0.2, -0.15) is 0 Å². The predicted molar refractivity (Wildman–Crippen MR) is 131 cm³/mol. The number of hydrogen-bond acceptors (Lipinski definition) is 8. The first-order valence-corrected chi connectivity index (χ1v) is 15.6. The van der Waals surface area contributed by atoms with E-state index in [9.17, 15) is 10.2 Å². The number of rotatable bonds is 12. The molecule has 2 N–H and O–H groups in total. The molecule has 2 aliphatic heterocycles. The summed E-state index contributed by atoms with van der Waals surface area (Å²) in [7, 11) is 9.49. The van der Waals surface area contributed by atoms with Crippen LogP contribution in [0.15, 0.2) is 0 Å². The molecule has 0 amide bonds. The standard InChI is InChI=1S/2C8H18BO4P2/c1-3-11-4-5-6(10)7(13-15-14)8(9-2)12-5;1-3-11-6-5(4-10)12-8(9-2)7(6)13-15-14/h2*5-8,10,15H,3-4,14H2,1-2H3/t2*5-,6+,7?,8-/m11/s1. The molecule has 0 aromatic heterocycles. The third kappa shape index (κ3) is 8.71. The van der Waals surface area contributed by atoms with E-state index in [2.05, 4.69) is 17.9 Å². The highest BCUT2D eigenvalue weighted by Crippen LogP contribution is 2.34. The quantitative estimate of drug-likeness (QED) is 0.305. The molecule has 2 heterocycles. The summed E-state index contributed by atoms with van der Waals surface area (Å²) in [5, 5.41) is 19.1. The lowest BCUT2D eigenvalue weighted by atomic mass is 9.72. The third-order valence-corrected chi connectivity index (χ3v) is 6.44. The second-order valence-electron chi connectivity index (χ2n) is 6.60. The highest BCUT2D eigenvalue weighted by molar-refractivity contribution is 8.00. The summed E-state index contributed by atoms with van der Waals surface area (Å²) in [5.74, 6) is 0. The fourth-order valence-corrected chi connectivity index (χ4v) is 5.20.